The Balaban J connectivity index is 1.78. The molecular weight excluding hydrogens is 474 g/mol. The van der Waals surface area contributed by atoms with E-state index in [2.05, 4.69) is 24.0 Å². The number of rotatable bonds is 7. The lowest BCUT2D eigenvalue weighted by Gasteiger charge is -2.32. The van der Waals surface area contributed by atoms with E-state index in [1.165, 1.54) is 0 Å². The Morgan fingerprint density at radius 1 is 1.22 bits per heavy atom. The molecule has 2 aromatic carbocycles. The molecule has 0 spiro atoms. The molecule has 2 heterocycles. The third kappa shape index (κ3) is 4.93. The van der Waals surface area contributed by atoms with Crippen molar-refractivity contribution in [1.82, 2.24) is 4.98 Å². The van der Waals surface area contributed by atoms with Gasteiger partial charge in [-0.05, 0) is 74.6 Å². The average molecular weight is 508 g/mol. The SMILES string of the molecule is COc1cc(Cl)cc(C(C)(C)C(=O)N(C)c2cnc(N3CCCC3CO)cc2-c2ccccc2C)c1. The number of carbonyl (C=O) groups excluding carboxylic acids is 1. The Labute approximate surface area is 218 Å². The van der Waals surface area contributed by atoms with E-state index in [1.54, 1.807) is 31.3 Å². The Morgan fingerprint density at radius 2 is 1.97 bits per heavy atom. The number of aliphatic hydroxyl groups is 1. The molecule has 190 valence electrons. The molecule has 1 aliphatic rings. The van der Waals surface area contributed by atoms with Crippen LogP contribution in [0.25, 0.3) is 11.1 Å². The number of likely N-dealkylation sites (N-methyl/N-ethyl adjacent to an activating group) is 1. The second-order valence-electron chi connectivity index (χ2n) is 9.92. The predicted molar refractivity (Wildman–Crippen MR) is 146 cm³/mol. The van der Waals surface area contributed by atoms with Gasteiger partial charge in [-0.25, -0.2) is 4.98 Å². The predicted octanol–water partition coefficient (Wildman–Crippen LogP) is 5.62. The molecule has 0 saturated carbocycles. The number of nitrogens with zero attached hydrogens (tertiary/aromatic N) is 3. The van der Waals surface area contributed by atoms with Crippen molar-refractivity contribution in [2.75, 3.05) is 37.1 Å². The molecule has 0 aliphatic carbocycles. The standard InChI is InChI=1S/C29H34ClN3O3/c1-19-9-6-7-11-24(19)25-16-27(33-12-8-10-22(33)18-34)31-17-26(25)32(4)28(35)29(2,3)20-13-21(30)15-23(14-20)36-5/h6-7,9,11,13-17,22,34H,8,10,12,18H2,1-5H3. The Kier molecular flexibility index (Phi) is 7.57. The van der Waals surface area contributed by atoms with Crippen LogP contribution < -0.4 is 14.5 Å². The van der Waals surface area contributed by atoms with Gasteiger partial charge >= 0.3 is 0 Å². The quantitative estimate of drug-likeness (QED) is 0.449. The van der Waals surface area contributed by atoms with Crippen molar-refractivity contribution < 1.29 is 14.6 Å². The lowest BCUT2D eigenvalue weighted by molar-refractivity contribution is -0.122. The third-order valence-electron chi connectivity index (χ3n) is 7.22. The lowest BCUT2D eigenvalue weighted by atomic mass is 9.83. The molecular formula is C29H34ClN3O3. The van der Waals surface area contributed by atoms with E-state index in [1.807, 2.05) is 44.2 Å². The van der Waals surface area contributed by atoms with Crippen molar-refractivity contribution in [3.63, 3.8) is 0 Å². The molecule has 1 aromatic heterocycles. The van der Waals surface area contributed by atoms with Crippen LogP contribution in [-0.4, -0.2) is 49.3 Å². The van der Waals surface area contributed by atoms with Gasteiger partial charge in [-0.1, -0.05) is 35.9 Å². The first-order valence-corrected chi connectivity index (χ1v) is 12.6. The zero-order chi connectivity index (χ0) is 26.0. The van der Waals surface area contributed by atoms with Crippen molar-refractivity contribution in [2.45, 2.75) is 45.1 Å². The first-order valence-electron chi connectivity index (χ1n) is 12.2. The van der Waals surface area contributed by atoms with Crippen LogP contribution in [0.3, 0.4) is 0 Å². The number of hydrogen-bond donors (Lipinski definition) is 1. The highest BCUT2D eigenvalue weighted by atomic mass is 35.5. The second kappa shape index (κ2) is 10.5. The monoisotopic (exact) mass is 507 g/mol. The van der Waals surface area contributed by atoms with Gasteiger partial charge in [0.05, 0.1) is 37.1 Å². The van der Waals surface area contributed by atoms with Crippen LogP contribution in [0.15, 0.2) is 54.7 Å². The summed E-state index contributed by atoms with van der Waals surface area (Å²) in [7, 11) is 3.37. The number of pyridine rings is 1. The highest BCUT2D eigenvalue weighted by molar-refractivity contribution is 6.30. The van der Waals surface area contributed by atoms with Crippen LogP contribution in [0.2, 0.25) is 5.02 Å². The normalized spacial score (nSPS) is 15.8. The number of aromatic nitrogens is 1. The highest BCUT2D eigenvalue weighted by Crippen LogP contribution is 2.38. The van der Waals surface area contributed by atoms with Crippen LogP contribution in [-0.2, 0) is 10.2 Å². The van der Waals surface area contributed by atoms with Crippen LogP contribution in [0, 0.1) is 6.92 Å². The Hall–Kier alpha value is -3.09. The molecule has 1 fully saturated rings. The highest BCUT2D eigenvalue weighted by Gasteiger charge is 2.35. The van der Waals surface area contributed by atoms with Crippen LogP contribution >= 0.6 is 11.6 Å². The molecule has 3 aromatic rings. The number of hydrogen-bond acceptors (Lipinski definition) is 5. The molecule has 0 radical (unpaired) electrons. The largest absolute Gasteiger partial charge is 0.497 e. The topological polar surface area (TPSA) is 65.9 Å². The van der Waals surface area contributed by atoms with E-state index in [4.69, 9.17) is 21.3 Å². The number of amides is 1. The first kappa shape index (κ1) is 26.0. The number of anilines is 2. The molecule has 1 N–H and O–H groups in total. The summed E-state index contributed by atoms with van der Waals surface area (Å²) in [6, 6.07) is 15.6. The third-order valence-corrected chi connectivity index (χ3v) is 7.43. The van der Waals surface area contributed by atoms with Gasteiger partial charge in [-0.2, -0.15) is 0 Å². The second-order valence-corrected chi connectivity index (χ2v) is 10.4. The van der Waals surface area contributed by atoms with Gasteiger partial charge < -0.3 is 19.6 Å². The summed E-state index contributed by atoms with van der Waals surface area (Å²) < 4.78 is 5.38. The molecule has 0 bridgehead atoms. The molecule has 7 heteroatoms. The smallest absolute Gasteiger partial charge is 0.236 e. The fourth-order valence-corrected chi connectivity index (χ4v) is 5.20. The number of ether oxygens (including phenoxy) is 1. The molecule has 1 unspecified atom stereocenters. The van der Waals surface area contributed by atoms with Crippen molar-refractivity contribution >= 4 is 29.0 Å². The van der Waals surface area contributed by atoms with Gasteiger partial charge in [-0.3, -0.25) is 4.79 Å². The Morgan fingerprint density at radius 3 is 2.67 bits per heavy atom. The van der Waals surface area contributed by atoms with E-state index in [9.17, 15) is 9.90 Å². The summed E-state index contributed by atoms with van der Waals surface area (Å²) >= 11 is 6.32. The molecule has 1 atom stereocenters. The lowest BCUT2D eigenvalue weighted by Crippen LogP contribution is -2.42. The maximum Gasteiger partial charge on any atom is 0.236 e. The van der Waals surface area contributed by atoms with Gasteiger partial charge in [0.2, 0.25) is 5.91 Å². The summed E-state index contributed by atoms with van der Waals surface area (Å²) in [6.45, 7) is 6.79. The summed E-state index contributed by atoms with van der Waals surface area (Å²) in [5.41, 5.74) is 3.70. The van der Waals surface area contributed by atoms with Gasteiger partial charge in [0.15, 0.2) is 0 Å². The van der Waals surface area contributed by atoms with Crippen molar-refractivity contribution in [3.05, 3.63) is 70.9 Å². The van der Waals surface area contributed by atoms with E-state index >= 15 is 0 Å². The number of carbonyl (C=O) groups is 1. The Bertz CT molecular complexity index is 1260. The van der Waals surface area contributed by atoms with Gasteiger partial charge in [0.25, 0.3) is 0 Å². The fourth-order valence-electron chi connectivity index (χ4n) is 4.97. The molecule has 4 rings (SSSR count). The van der Waals surface area contributed by atoms with Crippen molar-refractivity contribution in [3.8, 4) is 16.9 Å². The molecule has 1 aliphatic heterocycles. The maximum atomic E-state index is 14.0. The minimum absolute atomic E-state index is 0.0594. The summed E-state index contributed by atoms with van der Waals surface area (Å²) in [5.74, 6) is 1.33. The molecule has 36 heavy (non-hydrogen) atoms. The number of aliphatic hydroxyl groups excluding tert-OH is 1. The van der Waals surface area contributed by atoms with E-state index in [0.717, 1.165) is 53.1 Å². The van der Waals surface area contributed by atoms with Crippen LogP contribution in [0.4, 0.5) is 11.5 Å². The fraction of sp³-hybridized carbons (Fsp3) is 0.379. The average Bonchev–Trinajstić information content (AvgIpc) is 3.36. The van der Waals surface area contributed by atoms with Gasteiger partial charge in [-0.15, -0.1) is 0 Å². The minimum atomic E-state index is -0.870. The minimum Gasteiger partial charge on any atom is -0.497 e. The van der Waals surface area contributed by atoms with Gasteiger partial charge in [0, 0.05) is 24.2 Å². The van der Waals surface area contributed by atoms with Crippen LogP contribution in [0.5, 0.6) is 5.75 Å². The molecule has 6 nitrogen and oxygen atoms in total. The summed E-state index contributed by atoms with van der Waals surface area (Å²) in [5, 5.41) is 10.4. The first-order chi connectivity index (χ1) is 17.2. The van der Waals surface area contributed by atoms with Crippen molar-refractivity contribution in [1.29, 1.82) is 0 Å². The zero-order valence-electron chi connectivity index (χ0n) is 21.6. The summed E-state index contributed by atoms with van der Waals surface area (Å²) in [6.07, 6.45) is 3.73. The number of benzene rings is 2. The van der Waals surface area contributed by atoms with Crippen molar-refractivity contribution in [2.24, 2.45) is 0 Å². The van der Waals surface area contributed by atoms with Gasteiger partial charge in [0.1, 0.15) is 11.6 Å². The maximum absolute atomic E-state index is 14.0. The zero-order valence-corrected chi connectivity index (χ0v) is 22.3. The molecule has 1 saturated heterocycles. The number of halogens is 1. The van der Waals surface area contributed by atoms with Crippen LogP contribution in [0.1, 0.15) is 37.8 Å². The van der Waals surface area contributed by atoms with E-state index in [-0.39, 0.29) is 18.6 Å². The molecule has 1 amide bonds. The van der Waals surface area contributed by atoms with E-state index in [0.29, 0.717) is 10.8 Å². The number of aryl methyl sites for hydroxylation is 1. The number of methoxy groups -OCH3 is 1. The summed E-state index contributed by atoms with van der Waals surface area (Å²) in [4.78, 5) is 22.6. The van der Waals surface area contributed by atoms with E-state index < -0.39 is 5.41 Å².